The quantitative estimate of drug-likeness (QED) is 0.420. The number of hydrogen-bond acceptors (Lipinski definition) is 3. The molecule has 3 N–H and O–H groups in total. The number of ether oxygens (including phenoxy) is 1. The predicted molar refractivity (Wildman–Crippen MR) is 109 cm³/mol. The third-order valence-electron chi connectivity index (χ3n) is 4.34. The Morgan fingerprint density at radius 2 is 1.69 bits per heavy atom. The van der Waals surface area contributed by atoms with E-state index in [-0.39, 0.29) is 16.9 Å². The van der Waals surface area contributed by atoms with Gasteiger partial charge in [0.15, 0.2) is 11.6 Å². The van der Waals surface area contributed by atoms with Crippen LogP contribution in [0.25, 0.3) is 33.3 Å². The molecule has 2 aromatic heterocycles. The van der Waals surface area contributed by atoms with Gasteiger partial charge >= 0.3 is 0 Å². The van der Waals surface area contributed by atoms with E-state index < -0.39 is 17.5 Å². The summed E-state index contributed by atoms with van der Waals surface area (Å²) in [6.45, 7) is 4.00. The van der Waals surface area contributed by atoms with Gasteiger partial charge in [-0.05, 0) is 30.3 Å². The number of rotatable bonds is 3. The topological polar surface area (TPSA) is 63.9 Å². The number of hydrogen-bond donors (Lipinski definition) is 2. The lowest BCUT2D eigenvalue weighted by Gasteiger charge is -2.10. The molecular weight excluding hydrogens is 379 g/mol. The Kier molecular flexibility index (Phi) is 5.77. The Morgan fingerprint density at radius 3 is 2.41 bits per heavy atom. The van der Waals surface area contributed by atoms with Crippen molar-refractivity contribution in [2.45, 2.75) is 13.8 Å². The van der Waals surface area contributed by atoms with Crippen molar-refractivity contribution in [1.82, 2.24) is 9.97 Å². The van der Waals surface area contributed by atoms with Crippen LogP contribution in [-0.4, -0.2) is 17.1 Å². The first-order valence-electron chi connectivity index (χ1n) is 9.04. The summed E-state index contributed by atoms with van der Waals surface area (Å²) < 4.78 is 47.2. The summed E-state index contributed by atoms with van der Waals surface area (Å²) in [5, 5.41) is 0.567. The highest BCUT2D eigenvalue weighted by atomic mass is 19.1. The zero-order valence-corrected chi connectivity index (χ0v) is 16.2. The fourth-order valence-electron chi connectivity index (χ4n) is 3.11. The summed E-state index contributed by atoms with van der Waals surface area (Å²) in [6, 6.07) is 7.87. The lowest BCUT2D eigenvalue weighted by molar-refractivity contribution is 0.386. The van der Waals surface area contributed by atoms with Gasteiger partial charge in [-0.15, -0.1) is 0 Å². The van der Waals surface area contributed by atoms with Crippen LogP contribution in [-0.2, 0) is 0 Å². The number of halogens is 3. The van der Waals surface area contributed by atoms with Crippen LogP contribution in [0.5, 0.6) is 5.75 Å². The lowest BCUT2D eigenvalue weighted by Crippen LogP contribution is -1.94. The smallest absolute Gasteiger partial charge is 0.168 e. The van der Waals surface area contributed by atoms with Crippen molar-refractivity contribution in [3.05, 3.63) is 66.2 Å². The molecule has 29 heavy (non-hydrogen) atoms. The first-order chi connectivity index (χ1) is 14.0. The first kappa shape index (κ1) is 20.3. The zero-order valence-electron chi connectivity index (χ0n) is 16.2. The van der Waals surface area contributed by atoms with Gasteiger partial charge in [0.1, 0.15) is 17.3 Å². The maximum absolute atomic E-state index is 14.2. The number of nitrogens with two attached hydrogens (primary N) is 1. The van der Waals surface area contributed by atoms with Gasteiger partial charge < -0.3 is 15.5 Å². The molecule has 0 radical (unpaired) electrons. The Labute approximate surface area is 166 Å². The molecule has 2 heterocycles. The number of aromatic nitrogens is 2. The molecule has 0 aliphatic rings. The van der Waals surface area contributed by atoms with E-state index in [1.165, 1.54) is 37.6 Å². The van der Waals surface area contributed by atoms with Gasteiger partial charge in [-0.25, -0.2) is 18.2 Å². The monoisotopic (exact) mass is 399 g/mol. The molecule has 0 fully saturated rings. The second kappa shape index (κ2) is 8.26. The van der Waals surface area contributed by atoms with E-state index in [9.17, 15) is 13.2 Å². The van der Waals surface area contributed by atoms with Crippen LogP contribution < -0.4 is 10.5 Å². The van der Waals surface area contributed by atoms with Crippen LogP contribution in [0.1, 0.15) is 13.8 Å². The van der Waals surface area contributed by atoms with E-state index in [4.69, 9.17) is 10.5 Å². The van der Waals surface area contributed by atoms with Crippen LogP contribution >= 0.6 is 0 Å². The minimum atomic E-state index is -0.812. The highest BCUT2D eigenvalue weighted by Gasteiger charge is 2.18. The third-order valence-corrected chi connectivity index (χ3v) is 4.34. The summed E-state index contributed by atoms with van der Waals surface area (Å²) in [5.74, 6) is -2.08. The summed E-state index contributed by atoms with van der Waals surface area (Å²) in [7, 11) is 1.31. The molecule has 2 aromatic carbocycles. The molecule has 0 saturated carbocycles. The van der Waals surface area contributed by atoms with Gasteiger partial charge in [0, 0.05) is 51.8 Å². The van der Waals surface area contributed by atoms with Crippen molar-refractivity contribution in [3.8, 4) is 28.0 Å². The molecule has 150 valence electrons. The largest absolute Gasteiger partial charge is 0.493 e. The first-order valence-corrected chi connectivity index (χ1v) is 9.04. The van der Waals surface area contributed by atoms with Crippen molar-refractivity contribution in [2.75, 3.05) is 12.8 Å². The van der Waals surface area contributed by atoms with E-state index >= 15 is 0 Å². The van der Waals surface area contributed by atoms with Gasteiger partial charge in [0.05, 0.1) is 7.11 Å². The number of methoxy groups -OCH3 is 1. The van der Waals surface area contributed by atoms with Gasteiger partial charge in [-0.3, -0.25) is 0 Å². The number of nitrogens with one attached hydrogen (secondary N) is 1. The number of aromatic amines is 1. The summed E-state index contributed by atoms with van der Waals surface area (Å²) in [6.07, 6.45) is 3.08. The average Bonchev–Trinajstić information content (AvgIpc) is 3.14. The standard InChI is InChI=1S/C20H14F3N3O.C2H6/c1-27-19-14(5-11(21)6-18(19)23)16-9-26-20-15(16)4-10(8-25-20)13-7-12(24)2-3-17(13)22;1-2/h2-9H,24H2,1H3,(H,25,26);1-2H3. The maximum Gasteiger partial charge on any atom is 0.168 e. The van der Waals surface area contributed by atoms with Gasteiger partial charge in [-0.2, -0.15) is 0 Å². The van der Waals surface area contributed by atoms with E-state index in [0.29, 0.717) is 27.8 Å². The van der Waals surface area contributed by atoms with Gasteiger partial charge in [-0.1, -0.05) is 13.8 Å². The van der Waals surface area contributed by atoms with Crippen LogP contribution in [0, 0.1) is 17.5 Å². The van der Waals surface area contributed by atoms with Gasteiger partial charge in [0.2, 0.25) is 0 Å². The molecule has 0 amide bonds. The number of fused-ring (bicyclic) bond motifs is 1. The van der Waals surface area contributed by atoms with Crippen LogP contribution in [0.15, 0.2) is 48.8 Å². The molecule has 0 saturated heterocycles. The van der Waals surface area contributed by atoms with Crippen molar-refractivity contribution in [3.63, 3.8) is 0 Å². The fraction of sp³-hybridized carbons (Fsp3) is 0.136. The van der Waals surface area contributed by atoms with E-state index in [1.54, 1.807) is 12.3 Å². The Balaban J connectivity index is 0.00000117. The third kappa shape index (κ3) is 3.76. The van der Waals surface area contributed by atoms with Crippen LogP contribution in [0.3, 0.4) is 0 Å². The summed E-state index contributed by atoms with van der Waals surface area (Å²) in [5.41, 5.74) is 8.15. The average molecular weight is 399 g/mol. The Hall–Kier alpha value is -3.48. The van der Waals surface area contributed by atoms with Gasteiger partial charge in [0.25, 0.3) is 0 Å². The van der Waals surface area contributed by atoms with Crippen molar-refractivity contribution in [2.24, 2.45) is 0 Å². The van der Waals surface area contributed by atoms with Crippen molar-refractivity contribution < 1.29 is 17.9 Å². The van der Waals surface area contributed by atoms with Crippen LogP contribution in [0.2, 0.25) is 0 Å². The minimum Gasteiger partial charge on any atom is -0.493 e. The molecule has 0 spiro atoms. The molecule has 0 atom stereocenters. The number of H-pyrrole nitrogens is 1. The number of anilines is 1. The number of nitrogen functional groups attached to an aromatic ring is 1. The number of benzene rings is 2. The Morgan fingerprint density at radius 1 is 0.931 bits per heavy atom. The van der Waals surface area contributed by atoms with Crippen molar-refractivity contribution in [1.29, 1.82) is 0 Å². The second-order valence-corrected chi connectivity index (χ2v) is 6.03. The minimum absolute atomic E-state index is 0.0853. The number of nitrogens with zero attached hydrogens (tertiary/aromatic N) is 1. The molecule has 4 rings (SSSR count). The SMILES string of the molecule is CC.COc1c(F)cc(F)cc1-c1c[nH]c2ncc(-c3cc(N)ccc3F)cc12. The molecular formula is C22H20F3N3O. The predicted octanol–water partition coefficient (Wildman–Crippen LogP) is 5.93. The van der Waals surface area contributed by atoms with Crippen molar-refractivity contribution >= 4 is 16.7 Å². The molecule has 7 heteroatoms. The highest BCUT2D eigenvalue weighted by molar-refractivity contribution is 5.97. The molecule has 0 aliphatic heterocycles. The van der Waals surface area contributed by atoms with E-state index in [1.807, 2.05) is 13.8 Å². The molecule has 0 bridgehead atoms. The molecule has 4 nitrogen and oxygen atoms in total. The van der Waals surface area contributed by atoms with E-state index in [2.05, 4.69) is 9.97 Å². The lowest BCUT2D eigenvalue weighted by atomic mass is 10.0. The normalized spacial score (nSPS) is 10.6. The maximum atomic E-state index is 14.2. The zero-order chi connectivity index (χ0) is 21.1. The number of pyridine rings is 1. The van der Waals surface area contributed by atoms with E-state index in [0.717, 1.165) is 6.07 Å². The van der Waals surface area contributed by atoms with Crippen LogP contribution in [0.4, 0.5) is 18.9 Å². The molecule has 0 unspecified atom stereocenters. The fourth-order valence-corrected chi connectivity index (χ4v) is 3.11. The second-order valence-electron chi connectivity index (χ2n) is 6.03. The molecule has 0 aliphatic carbocycles. The highest BCUT2D eigenvalue weighted by Crippen LogP contribution is 2.38. The summed E-state index contributed by atoms with van der Waals surface area (Å²) >= 11 is 0. The Bertz CT molecular complexity index is 1170. The molecule has 4 aromatic rings. The summed E-state index contributed by atoms with van der Waals surface area (Å²) in [4.78, 5) is 7.24.